The largest absolute Gasteiger partial charge is 0.379 e. The van der Waals surface area contributed by atoms with Gasteiger partial charge in [-0.2, -0.15) is 10.2 Å². The molecule has 15 heteroatoms. The van der Waals surface area contributed by atoms with E-state index in [0.29, 0.717) is 52.0 Å². The first kappa shape index (κ1) is 37.3. The number of carbonyl (C=O) groups excluding carboxylic acids is 2. The lowest BCUT2D eigenvalue weighted by Gasteiger charge is -2.25. The standard InChI is InChI=1S/C16H17Cl2N3O2.C12H9Cl3N2O.C4H9NO/c17-15-2-1-13(10-16(15)18)21-4-3-12(19-21)9-14(22)11-20-5-7-23-8-6-20;13-7-10(18)5-8-3-4-17(16-8)9-1-2-11(14)12(15)6-9;1-3-6-4-2-5-1/h1-4,10H,5-9,11H2;1-4,6H,5,7H2;5H,1-4H2. The van der Waals surface area contributed by atoms with Gasteiger partial charge in [-0.25, -0.2) is 9.36 Å². The fourth-order valence-corrected chi connectivity index (χ4v) is 5.17. The maximum absolute atomic E-state index is 12.2. The van der Waals surface area contributed by atoms with Gasteiger partial charge in [-0.3, -0.25) is 14.5 Å². The number of nitrogens with zero attached hydrogens (tertiary/aromatic N) is 5. The molecule has 0 saturated carbocycles. The van der Waals surface area contributed by atoms with Crippen molar-refractivity contribution in [3.8, 4) is 11.4 Å². The Bertz CT molecular complexity index is 1590. The fraction of sp³-hybridized carbons (Fsp3) is 0.375. The first-order valence-corrected chi connectivity index (χ1v) is 16.9. The predicted octanol–water partition coefficient (Wildman–Crippen LogP) is 5.76. The molecule has 252 valence electrons. The highest BCUT2D eigenvalue weighted by atomic mass is 35.5. The van der Waals surface area contributed by atoms with Crippen LogP contribution in [0.2, 0.25) is 20.1 Å². The van der Waals surface area contributed by atoms with Gasteiger partial charge >= 0.3 is 0 Å². The van der Waals surface area contributed by atoms with Crippen molar-refractivity contribution in [3.63, 3.8) is 0 Å². The van der Waals surface area contributed by atoms with Gasteiger partial charge < -0.3 is 14.8 Å². The number of morpholine rings is 2. The van der Waals surface area contributed by atoms with Crippen LogP contribution in [0.3, 0.4) is 0 Å². The molecular formula is C32H35Cl5N6O4. The lowest BCUT2D eigenvalue weighted by molar-refractivity contribution is -0.120. The zero-order chi connectivity index (χ0) is 33.6. The third kappa shape index (κ3) is 12.5. The van der Waals surface area contributed by atoms with Crippen LogP contribution in [-0.2, 0) is 31.9 Å². The number of Topliss-reactive ketones (excluding diaryl/α,β-unsaturated/α-hetero) is 2. The molecule has 1 N–H and O–H groups in total. The quantitative estimate of drug-likeness (QED) is 0.216. The summed E-state index contributed by atoms with van der Waals surface area (Å²) in [6.07, 6.45) is 4.14. The van der Waals surface area contributed by atoms with Crippen LogP contribution in [-0.4, -0.2) is 101 Å². The average Bonchev–Trinajstić information content (AvgIpc) is 3.75. The molecule has 2 aliphatic rings. The van der Waals surface area contributed by atoms with Crippen molar-refractivity contribution in [2.75, 3.05) is 65.0 Å². The van der Waals surface area contributed by atoms with Gasteiger partial charge in [0.2, 0.25) is 0 Å². The van der Waals surface area contributed by atoms with Gasteiger partial charge in [0.1, 0.15) is 0 Å². The van der Waals surface area contributed by atoms with E-state index in [1.54, 1.807) is 52.0 Å². The van der Waals surface area contributed by atoms with E-state index in [2.05, 4.69) is 20.4 Å². The Kier molecular flexibility index (Phi) is 15.5. The normalized spacial score (nSPS) is 14.8. The van der Waals surface area contributed by atoms with Gasteiger partial charge in [0.25, 0.3) is 0 Å². The second kappa shape index (κ2) is 19.5. The van der Waals surface area contributed by atoms with Crippen LogP contribution in [0.25, 0.3) is 11.4 Å². The third-order valence-electron chi connectivity index (χ3n) is 6.88. The van der Waals surface area contributed by atoms with E-state index < -0.39 is 0 Å². The maximum atomic E-state index is 12.2. The molecule has 2 aliphatic heterocycles. The summed E-state index contributed by atoms with van der Waals surface area (Å²) < 4.78 is 13.6. The summed E-state index contributed by atoms with van der Waals surface area (Å²) in [6.45, 7) is 7.29. The van der Waals surface area contributed by atoms with Crippen molar-refractivity contribution >= 4 is 69.6 Å². The average molecular weight is 745 g/mol. The first-order chi connectivity index (χ1) is 22.7. The molecule has 47 heavy (non-hydrogen) atoms. The van der Waals surface area contributed by atoms with Gasteiger partial charge in [0.15, 0.2) is 11.6 Å². The molecule has 0 unspecified atom stereocenters. The van der Waals surface area contributed by atoms with Gasteiger partial charge in [-0.05, 0) is 48.5 Å². The molecule has 0 spiro atoms. The number of hydrogen-bond donors (Lipinski definition) is 1. The third-order valence-corrected chi connectivity index (χ3v) is 8.66. The van der Waals surface area contributed by atoms with E-state index in [0.717, 1.165) is 56.5 Å². The second-order valence-corrected chi connectivity index (χ2v) is 12.4. The molecule has 0 bridgehead atoms. The zero-order valence-electron chi connectivity index (χ0n) is 25.5. The van der Waals surface area contributed by atoms with Crippen LogP contribution in [0.5, 0.6) is 0 Å². The van der Waals surface area contributed by atoms with Crippen molar-refractivity contribution in [1.82, 2.24) is 29.8 Å². The molecular weight excluding hydrogens is 710 g/mol. The summed E-state index contributed by atoms with van der Waals surface area (Å²) in [5, 5.41) is 13.8. The molecule has 0 atom stereocenters. The van der Waals surface area contributed by atoms with Gasteiger partial charge in [0.05, 0.1) is 94.5 Å². The molecule has 0 aliphatic carbocycles. The molecule has 2 fully saturated rings. The number of nitrogens with one attached hydrogen (secondary N) is 1. The molecule has 2 aromatic heterocycles. The molecule has 0 radical (unpaired) electrons. The summed E-state index contributed by atoms with van der Waals surface area (Å²) in [4.78, 5) is 25.5. The number of aromatic nitrogens is 4. The highest BCUT2D eigenvalue weighted by molar-refractivity contribution is 6.42. The minimum Gasteiger partial charge on any atom is -0.379 e. The van der Waals surface area contributed by atoms with Crippen LogP contribution in [0.1, 0.15) is 11.4 Å². The van der Waals surface area contributed by atoms with E-state index in [1.807, 2.05) is 18.3 Å². The molecule has 4 heterocycles. The van der Waals surface area contributed by atoms with E-state index >= 15 is 0 Å². The first-order valence-electron chi connectivity index (χ1n) is 14.9. The molecule has 6 rings (SSSR count). The Balaban J connectivity index is 0.000000184. The number of halogens is 5. The summed E-state index contributed by atoms with van der Waals surface area (Å²) in [6, 6.07) is 14.1. The molecule has 4 aromatic rings. The van der Waals surface area contributed by atoms with Crippen LogP contribution in [0.15, 0.2) is 60.9 Å². The maximum Gasteiger partial charge on any atom is 0.153 e. The van der Waals surface area contributed by atoms with Crippen molar-refractivity contribution < 1.29 is 19.1 Å². The molecule has 10 nitrogen and oxygen atoms in total. The minimum absolute atomic E-state index is 0.000364. The Morgan fingerprint density at radius 2 is 1.17 bits per heavy atom. The summed E-state index contributed by atoms with van der Waals surface area (Å²) >= 11 is 29.2. The van der Waals surface area contributed by atoms with E-state index in [1.165, 1.54) is 0 Å². The number of hydrogen-bond acceptors (Lipinski definition) is 8. The second-order valence-electron chi connectivity index (χ2n) is 10.5. The predicted molar refractivity (Wildman–Crippen MR) is 186 cm³/mol. The summed E-state index contributed by atoms with van der Waals surface area (Å²) in [5.41, 5.74) is 3.02. The van der Waals surface area contributed by atoms with E-state index in [-0.39, 0.29) is 23.9 Å². The van der Waals surface area contributed by atoms with E-state index in [9.17, 15) is 9.59 Å². The van der Waals surface area contributed by atoms with Gasteiger partial charge in [0, 0.05) is 38.6 Å². The van der Waals surface area contributed by atoms with Crippen molar-refractivity contribution in [3.05, 3.63) is 92.4 Å². The number of ether oxygens (including phenoxy) is 2. The van der Waals surface area contributed by atoms with Crippen molar-refractivity contribution in [1.29, 1.82) is 0 Å². The van der Waals surface area contributed by atoms with Crippen LogP contribution in [0, 0.1) is 0 Å². The van der Waals surface area contributed by atoms with Gasteiger partial charge in [-0.1, -0.05) is 46.4 Å². The number of alkyl halides is 1. The van der Waals surface area contributed by atoms with Crippen molar-refractivity contribution in [2.45, 2.75) is 12.8 Å². The monoisotopic (exact) mass is 742 g/mol. The lowest BCUT2D eigenvalue weighted by atomic mass is 10.2. The summed E-state index contributed by atoms with van der Waals surface area (Å²) in [7, 11) is 0. The van der Waals surface area contributed by atoms with E-state index in [4.69, 9.17) is 67.5 Å². The SMILES string of the molecule is C1COCCN1.O=C(CCl)Cc1ccn(-c2ccc(Cl)c(Cl)c2)n1.O=C(Cc1ccn(-c2ccc(Cl)c(Cl)c2)n1)CN1CCOCC1. The smallest absolute Gasteiger partial charge is 0.153 e. The molecule has 0 amide bonds. The van der Waals surface area contributed by atoms with Crippen LogP contribution >= 0.6 is 58.0 Å². The number of carbonyl (C=O) groups is 2. The lowest BCUT2D eigenvalue weighted by Crippen LogP contribution is -2.39. The minimum atomic E-state index is -0.0592. The Hall–Kier alpha value is -2.51. The number of rotatable bonds is 9. The Morgan fingerprint density at radius 1 is 0.681 bits per heavy atom. The van der Waals surface area contributed by atoms with Crippen LogP contribution < -0.4 is 5.32 Å². The zero-order valence-corrected chi connectivity index (χ0v) is 29.3. The number of benzene rings is 2. The number of ketones is 2. The summed E-state index contributed by atoms with van der Waals surface area (Å²) in [5.74, 6) is 0.0990. The highest BCUT2D eigenvalue weighted by Crippen LogP contribution is 2.25. The van der Waals surface area contributed by atoms with Crippen molar-refractivity contribution in [2.24, 2.45) is 0 Å². The Morgan fingerprint density at radius 3 is 1.60 bits per heavy atom. The highest BCUT2D eigenvalue weighted by Gasteiger charge is 2.15. The molecule has 2 aromatic carbocycles. The van der Waals surface area contributed by atoms with Gasteiger partial charge in [-0.15, -0.1) is 11.6 Å². The topological polar surface area (TPSA) is 104 Å². The molecule has 2 saturated heterocycles. The Labute approximate surface area is 298 Å². The fourth-order valence-electron chi connectivity index (χ4n) is 4.49. The van der Waals surface area contributed by atoms with Crippen LogP contribution in [0.4, 0.5) is 0 Å².